The Morgan fingerprint density at radius 2 is 2.00 bits per heavy atom. The van der Waals surface area contributed by atoms with Crippen LogP contribution >= 0.6 is 11.8 Å². The van der Waals surface area contributed by atoms with E-state index in [2.05, 4.69) is 29.4 Å². The van der Waals surface area contributed by atoms with Crippen molar-refractivity contribution in [3.8, 4) is 0 Å². The Hall–Kier alpha value is -2.35. The van der Waals surface area contributed by atoms with Crippen LogP contribution in [0, 0.1) is 0 Å². The summed E-state index contributed by atoms with van der Waals surface area (Å²) >= 11 is 1.31. The largest absolute Gasteiger partial charge is 0.366 e. The number of hydrogen-bond donors (Lipinski definition) is 2. The molecule has 3 N–H and O–H groups in total. The van der Waals surface area contributed by atoms with E-state index in [4.69, 9.17) is 5.73 Å². The zero-order valence-corrected chi connectivity index (χ0v) is 14.8. The number of thioether (sulfide) groups is 1. The van der Waals surface area contributed by atoms with Gasteiger partial charge in [-0.1, -0.05) is 30.8 Å². The normalized spacial score (nSPS) is 10.8. The minimum Gasteiger partial charge on any atom is -0.366 e. The Balaban J connectivity index is 2.05. The first-order chi connectivity index (χ1) is 11.4. The maximum atomic E-state index is 12.2. The van der Waals surface area contributed by atoms with E-state index in [-0.39, 0.29) is 23.3 Å². The highest BCUT2D eigenvalue weighted by atomic mass is 32.2. The third-order valence-electron chi connectivity index (χ3n) is 3.37. The number of nitrogens with one attached hydrogen (secondary N) is 1. The summed E-state index contributed by atoms with van der Waals surface area (Å²) in [6.45, 7) is 6.12. The molecule has 2 aromatic rings. The minimum atomic E-state index is -0.578. The fraction of sp³-hybridized carbons (Fsp3) is 0.375. The Labute approximate surface area is 145 Å². The first kappa shape index (κ1) is 18.0. The lowest BCUT2D eigenvalue weighted by molar-refractivity contribution is -0.113. The number of aromatic nitrogens is 3. The maximum absolute atomic E-state index is 12.2. The van der Waals surface area contributed by atoms with Crippen molar-refractivity contribution in [1.29, 1.82) is 0 Å². The Morgan fingerprint density at radius 3 is 2.62 bits per heavy atom. The fourth-order valence-corrected chi connectivity index (χ4v) is 3.18. The maximum Gasteiger partial charge on any atom is 0.250 e. The van der Waals surface area contributed by atoms with E-state index < -0.39 is 5.91 Å². The van der Waals surface area contributed by atoms with E-state index in [0.717, 1.165) is 12.2 Å². The molecular weight excluding hydrogens is 326 g/mol. The van der Waals surface area contributed by atoms with Gasteiger partial charge in [0, 0.05) is 12.5 Å². The number of benzene rings is 1. The molecule has 1 aromatic heterocycles. The topological polar surface area (TPSA) is 103 Å². The summed E-state index contributed by atoms with van der Waals surface area (Å²) in [7, 11) is 0. The van der Waals surface area contributed by atoms with E-state index in [1.807, 2.05) is 11.5 Å². The molecule has 128 valence electrons. The van der Waals surface area contributed by atoms with Crippen LogP contribution in [0.5, 0.6) is 0 Å². The number of primary amides is 1. The lowest BCUT2D eigenvalue weighted by Crippen LogP contribution is -2.19. The molecule has 0 aliphatic heterocycles. The molecule has 0 saturated heterocycles. The van der Waals surface area contributed by atoms with Crippen LogP contribution in [0.15, 0.2) is 29.4 Å². The second kappa shape index (κ2) is 7.96. The van der Waals surface area contributed by atoms with Gasteiger partial charge in [-0.15, -0.1) is 10.2 Å². The van der Waals surface area contributed by atoms with E-state index in [1.165, 1.54) is 11.8 Å². The van der Waals surface area contributed by atoms with Crippen molar-refractivity contribution in [3.63, 3.8) is 0 Å². The van der Waals surface area contributed by atoms with E-state index in [1.54, 1.807) is 24.3 Å². The van der Waals surface area contributed by atoms with Crippen molar-refractivity contribution >= 4 is 29.3 Å². The Bertz CT molecular complexity index is 742. The molecule has 2 amide bonds. The number of rotatable bonds is 7. The van der Waals surface area contributed by atoms with Crippen LogP contribution in [0.2, 0.25) is 0 Å². The van der Waals surface area contributed by atoms with Gasteiger partial charge in [-0.3, -0.25) is 9.59 Å². The summed E-state index contributed by atoms with van der Waals surface area (Å²) in [4.78, 5) is 23.6. The number of nitrogens with two attached hydrogens (primary N) is 1. The van der Waals surface area contributed by atoms with Crippen LogP contribution in [-0.4, -0.2) is 32.3 Å². The first-order valence-corrected chi connectivity index (χ1v) is 8.67. The number of carbonyl (C=O) groups is 2. The molecule has 0 spiro atoms. The van der Waals surface area contributed by atoms with Crippen LogP contribution in [0.4, 0.5) is 5.69 Å². The van der Waals surface area contributed by atoms with Crippen molar-refractivity contribution in [1.82, 2.24) is 14.8 Å². The van der Waals surface area contributed by atoms with E-state index in [0.29, 0.717) is 10.8 Å². The summed E-state index contributed by atoms with van der Waals surface area (Å²) in [5.41, 5.74) is 6.01. The number of aryl methyl sites for hydroxylation is 1. The Kier molecular flexibility index (Phi) is 5.97. The van der Waals surface area contributed by atoms with Gasteiger partial charge in [0.2, 0.25) is 5.91 Å². The number of anilines is 1. The van der Waals surface area contributed by atoms with Gasteiger partial charge in [-0.2, -0.15) is 0 Å². The molecule has 8 heteroatoms. The summed E-state index contributed by atoms with van der Waals surface area (Å²) in [5.74, 6) is 0.254. The molecule has 2 rings (SSSR count). The van der Waals surface area contributed by atoms with Crippen molar-refractivity contribution < 1.29 is 9.59 Å². The predicted octanol–water partition coefficient (Wildman–Crippen LogP) is 2.25. The van der Waals surface area contributed by atoms with Crippen LogP contribution in [-0.2, 0) is 11.2 Å². The van der Waals surface area contributed by atoms with Crippen LogP contribution < -0.4 is 11.1 Å². The molecule has 0 radical (unpaired) electrons. The van der Waals surface area contributed by atoms with Crippen LogP contribution in [0.25, 0.3) is 0 Å². The molecule has 0 aliphatic rings. The average molecular weight is 347 g/mol. The molecule has 24 heavy (non-hydrogen) atoms. The van der Waals surface area contributed by atoms with Crippen LogP contribution in [0.1, 0.15) is 43.0 Å². The summed E-state index contributed by atoms with van der Waals surface area (Å²) in [5, 5.41) is 11.7. The summed E-state index contributed by atoms with van der Waals surface area (Å²) in [6.07, 6.45) is 0.782. The monoisotopic (exact) mass is 347 g/mol. The molecule has 0 unspecified atom stereocenters. The van der Waals surface area contributed by atoms with Crippen molar-refractivity contribution in [2.45, 2.75) is 38.4 Å². The van der Waals surface area contributed by atoms with Gasteiger partial charge in [0.15, 0.2) is 5.16 Å². The van der Waals surface area contributed by atoms with E-state index in [9.17, 15) is 9.59 Å². The highest BCUT2D eigenvalue weighted by Crippen LogP contribution is 2.22. The second-order valence-corrected chi connectivity index (χ2v) is 6.41. The molecule has 0 aliphatic carbocycles. The fourth-order valence-electron chi connectivity index (χ4n) is 2.29. The number of para-hydroxylation sites is 1. The Morgan fingerprint density at radius 1 is 1.29 bits per heavy atom. The summed E-state index contributed by atoms with van der Waals surface area (Å²) in [6, 6.07) is 6.87. The molecular formula is C16H21N5O2S. The van der Waals surface area contributed by atoms with Gasteiger partial charge in [0.25, 0.3) is 5.91 Å². The lowest BCUT2D eigenvalue weighted by atomic mass is 10.1. The quantitative estimate of drug-likeness (QED) is 0.748. The highest BCUT2D eigenvalue weighted by Gasteiger charge is 2.16. The van der Waals surface area contributed by atoms with Crippen molar-refractivity contribution in [3.05, 3.63) is 35.7 Å². The standard InChI is InChI=1S/C16H21N5O2S/c1-4-13-19-20-16(21(13)10(2)3)24-9-14(22)18-12-8-6-5-7-11(12)15(17)23/h5-8,10H,4,9H2,1-3H3,(H2,17,23)(H,18,22). The van der Waals surface area contributed by atoms with Gasteiger partial charge in [0.05, 0.1) is 17.0 Å². The van der Waals surface area contributed by atoms with Gasteiger partial charge in [-0.05, 0) is 26.0 Å². The average Bonchev–Trinajstić information content (AvgIpc) is 2.96. The zero-order valence-electron chi connectivity index (χ0n) is 13.9. The molecule has 0 bridgehead atoms. The van der Waals surface area contributed by atoms with Gasteiger partial charge < -0.3 is 15.6 Å². The molecule has 1 aromatic carbocycles. The third-order valence-corrected chi connectivity index (χ3v) is 4.31. The highest BCUT2D eigenvalue weighted by molar-refractivity contribution is 7.99. The number of carbonyl (C=O) groups excluding carboxylic acids is 2. The minimum absolute atomic E-state index is 0.168. The third kappa shape index (κ3) is 4.14. The molecule has 7 nitrogen and oxygen atoms in total. The van der Waals surface area contributed by atoms with E-state index >= 15 is 0 Å². The van der Waals surface area contributed by atoms with Gasteiger partial charge in [0.1, 0.15) is 5.82 Å². The van der Waals surface area contributed by atoms with Gasteiger partial charge in [-0.25, -0.2) is 0 Å². The van der Waals surface area contributed by atoms with Crippen LogP contribution in [0.3, 0.4) is 0 Å². The molecule has 0 saturated carbocycles. The zero-order chi connectivity index (χ0) is 17.7. The molecule has 0 fully saturated rings. The van der Waals surface area contributed by atoms with Gasteiger partial charge >= 0.3 is 0 Å². The molecule has 1 heterocycles. The van der Waals surface area contributed by atoms with Crippen molar-refractivity contribution in [2.24, 2.45) is 5.73 Å². The SMILES string of the molecule is CCc1nnc(SCC(=O)Nc2ccccc2C(N)=O)n1C(C)C. The lowest BCUT2D eigenvalue weighted by Gasteiger charge is -2.13. The number of amides is 2. The smallest absolute Gasteiger partial charge is 0.250 e. The molecule has 0 atom stereocenters. The number of nitrogens with zero attached hydrogens (tertiary/aromatic N) is 3. The summed E-state index contributed by atoms with van der Waals surface area (Å²) < 4.78 is 2.02. The number of hydrogen-bond acceptors (Lipinski definition) is 5. The van der Waals surface area contributed by atoms with Crippen molar-refractivity contribution in [2.75, 3.05) is 11.1 Å². The predicted molar refractivity (Wildman–Crippen MR) is 94.1 cm³/mol. The second-order valence-electron chi connectivity index (χ2n) is 5.46. The first-order valence-electron chi connectivity index (χ1n) is 7.69.